The number of benzene rings is 3. The van der Waals surface area contributed by atoms with Gasteiger partial charge in [-0.3, -0.25) is 0 Å². The van der Waals surface area contributed by atoms with Gasteiger partial charge in [-0.25, -0.2) is 0 Å². The maximum atomic E-state index is 6.11. The van der Waals surface area contributed by atoms with Gasteiger partial charge in [-0.1, -0.05) is 85.0 Å². The van der Waals surface area contributed by atoms with E-state index >= 15 is 0 Å². The molecule has 3 rings (SSSR count). The highest BCUT2D eigenvalue weighted by atomic mass is 14.6. The van der Waals surface area contributed by atoms with Gasteiger partial charge in [0, 0.05) is 11.4 Å². The monoisotopic (exact) mass is 312 g/mol. The van der Waals surface area contributed by atoms with Gasteiger partial charge in [-0.15, -0.1) is 0 Å². The molecule has 3 aromatic rings. The average molecular weight is 312 g/mol. The minimum absolute atomic E-state index is 0.677. The lowest BCUT2D eigenvalue weighted by atomic mass is 10.0. The van der Waals surface area contributed by atoms with E-state index in [1.807, 2.05) is 72.8 Å². The summed E-state index contributed by atoms with van der Waals surface area (Å²) in [6, 6.07) is 24.1. The van der Waals surface area contributed by atoms with E-state index in [-0.39, 0.29) is 0 Å². The fraction of sp³-hybridized carbons (Fsp3) is 0. The molecular formula is C22H20N2. The molecule has 2 heteroatoms. The zero-order valence-corrected chi connectivity index (χ0v) is 13.4. The number of hydrogen-bond donors (Lipinski definition) is 2. The predicted octanol–water partition coefficient (Wildman–Crippen LogP) is 5.19. The van der Waals surface area contributed by atoms with Crippen LogP contribution in [0.1, 0.15) is 22.3 Å². The van der Waals surface area contributed by atoms with E-state index in [4.69, 9.17) is 11.5 Å². The summed E-state index contributed by atoms with van der Waals surface area (Å²) >= 11 is 0. The average Bonchev–Trinajstić information content (AvgIpc) is 2.62. The predicted molar refractivity (Wildman–Crippen MR) is 106 cm³/mol. The van der Waals surface area contributed by atoms with E-state index in [9.17, 15) is 0 Å². The standard InChI is InChI=1S/C22H20N2/c23-21-16-22(24)20(14-12-18-9-5-2-6-10-18)15-19(21)13-11-17-7-3-1-4-8-17/h1-16H,23-24H2/b13-11+,14-12+. The van der Waals surface area contributed by atoms with Gasteiger partial charge in [0.1, 0.15) is 0 Å². The quantitative estimate of drug-likeness (QED) is 0.514. The van der Waals surface area contributed by atoms with Gasteiger partial charge >= 0.3 is 0 Å². The molecule has 2 nitrogen and oxygen atoms in total. The van der Waals surface area contributed by atoms with Crippen molar-refractivity contribution in [2.45, 2.75) is 0 Å². The molecule has 0 aliphatic carbocycles. The molecule has 118 valence electrons. The third-order valence-electron chi connectivity index (χ3n) is 3.80. The van der Waals surface area contributed by atoms with Crippen molar-refractivity contribution in [3.05, 3.63) is 95.1 Å². The minimum atomic E-state index is 0.677. The third-order valence-corrected chi connectivity index (χ3v) is 3.80. The molecule has 0 amide bonds. The molecule has 0 atom stereocenters. The van der Waals surface area contributed by atoms with Gasteiger partial charge in [-0.05, 0) is 34.4 Å². The first kappa shape index (κ1) is 15.6. The van der Waals surface area contributed by atoms with Crippen molar-refractivity contribution in [1.82, 2.24) is 0 Å². The second-order valence-electron chi connectivity index (χ2n) is 5.60. The highest BCUT2D eigenvalue weighted by Crippen LogP contribution is 2.25. The van der Waals surface area contributed by atoms with Crippen LogP contribution in [-0.4, -0.2) is 0 Å². The number of nitrogens with two attached hydrogens (primary N) is 2. The third kappa shape index (κ3) is 3.93. The summed E-state index contributed by atoms with van der Waals surface area (Å²) in [4.78, 5) is 0. The Labute approximate surface area is 142 Å². The van der Waals surface area contributed by atoms with Gasteiger partial charge in [-0.2, -0.15) is 0 Å². The van der Waals surface area contributed by atoms with Crippen molar-refractivity contribution in [3.8, 4) is 0 Å². The molecule has 0 fully saturated rings. The second-order valence-corrected chi connectivity index (χ2v) is 5.60. The molecule has 4 N–H and O–H groups in total. The van der Waals surface area contributed by atoms with Crippen LogP contribution in [-0.2, 0) is 0 Å². The molecular weight excluding hydrogens is 292 g/mol. The summed E-state index contributed by atoms with van der Waals surface area (Å²) in [5.41, 5.74) is 17.8. The lowest BCUT2D eigenvalue weighted by Gasteiger charge is -2.07. The van der Waals surface area contributed by atoms with Crippen LogP contribution in [0.5, 0.6) is 0 Å². The SMILES string of the molecule is Nc1cc(N)c(/C=C/c2ccccc2)cc1/C=C/c1ccccc1. The summed E-state index contributed by atoms with van der Waals surface area (Å²) in [7, 11) is 0. The lowest BCUT2D eigenvalue weighted by molar-refractivity contribution is 1.59. The zero-order valence-electron chi connectivity index (χ0n) is 13.4. The highest BCUT2D eigenvalue weighted by molar-refractivity contribution is 5.84. The molecule has 24 heavy (non-hydrogen) atoms. The minimum Gasteiger partial charge on any atom is -0.398 e. The summed E-state index contributed by atoms with van der Waals surface area (Å²) < 4.78 is 0. The van der Waals surface area contributed by atoms with E-state index in [0.29, 0.717) is 11.4 Å². The topological polar surface area (TPSA) is 52.0 Å². The van der Waals surface area contributed by atoms with Crippen molar-refractivity contribution < 1.29 is 0 Å². The van der Waals surface area contributed by atoms with Crippen molar-refractivity contribution >= 4 is 35.7 Å². The molecule has 0 radical (unpaired) electrons. The molecule has 0 saturated carbocycles. The summed E-state index contributed by atoms with van der Waals surface area (Å²) in [6.07, 6.45) is 8.13. The first-order valence-corrected chi connectivity index (χ1v) is 7.87. The normalized spacial score (nSPS) is 11.3. The number of hydrogen-bond acceptors (Lipinski definition) is 2. The van der Waals surface area contributed by atoms with E-state index in [0.717, 1.165) is 22.3 Å². The fourth-order valence-corrected chi connectivity index (χ4v) is 2.46. The van der Waals surface area contributed by atoms with Crippen LogP contribution in [0.15, 0.2) is 72.8 Å². The van der Waals surface area contributed by atoms with Crippen LogP contribution in [0.2, 0.25) is 0 Å². The Morgan fingerprint density at radius 1 is 0.500 bits per heavy atom. The number of rotatable bonds is 4. The van der Waals surface area contributed by atoms with Crippen LogP contribution in [0.25, 0.3) is 24.3 Å². The number of anilines is 2. The van der Waals surface area contributed by atoms with Crippen LogP contribution >= 0.6 is 0 Å². The maximum Gasteiger partial charge on any atom is 0.0408 e. The van der Waals surface area contributed by atoms with Crippen molar-refractivity contribution in [3.63, 3.8) is 0 Å². The Morgan fingerprint density at radius 2 is 0.917 bits per heavy atom. The van der Waals surface area contributed by atoms with Gasteiger partial charge in [0.15, 0.2) is 0 Å². The van der Waals surface area contributed by atoms with E-state index in [1.165, 1.54) is 0 Å². The summed E-state index contributed by atoms with van der Waals surface area (Å²) in [5.74, 6) is 0. The Hall–Kier alpha value is -3.26. The van der Waals surface area contributed by atoms with Gasteiger partial charge in [0.2, 0.25) is 0 Å². The molecule has 0 unspecified atom stereocenters. The Morgan fingerprint density at radius 3 is 1.33 bits per heavy atom. The van der Waals surface area contributed by atoms with Crippen LogP contribution < -0.4 is 11.5 Å². The van der Waals surface area contributed by atoms with E-state index < -0.39 is 0 Å². The highest BCUT2D eigenvalue weighted by Gasteiger charge is 2.02. The fourth-order valence-electron chi connectivity index (χ4n) is 2.46. The van der Waals surface area contributed by atoms with Crippen LogP contribution in [0.3, 0.4) is 0 Å². The Balaban J connectivity index is 1.89. The zero-order chi connectivity index (χ0) is 16.8. The molecule has 0 aromatic heterocycles. The van der Waals surface area contributed by atoms with E-state index in [1.54, 1.807) is 0 Å². The first-order chi connectivity index (χ1) is 11.7. The molecule has 0 spiro atoms. The second kappa shape index (κ2) is 7.34. The van der Waals surface area contributed by atoms with Gasteiger partial charge in [0.25, 0.3) is 0 Å². The molecule has 0 saturated heterocycles. The van der Waals surface area contributed by atoms with Crippen molar-refractivity contribution in [2.24, 2.45) is 0 Å². The Kier molecular flexibility index (Phi) is 4.78. The summed E-state index contributed by atoms with van der Waals surface area (Å²) in [5, 5.41) is 0. The van der Waals surface area contributed by atoms with Crippen molar-refractivity contribution in [1.29, 1.82) is 0 Å². The van der Waals surface area contributed by atoms with Crippen LogP contribution in [0, 0.1) is 0 Å². The summed E-state index contributed by atoms with van der Waals surface area (Å²) in [6.45, 7) is 0. The maximum absolute atomic E-state index is 6.11. The molecule has 3 aromatic carbocycles. The van der Waals surface area contributed by atoms with E-state index in [2.05, 4.69) is 24.3 Å². The largest absolute Gasteiger partial charge is 0.398 e. The smallest absolute Gasteiger partial charge is 0.0408 e. The van der Waals surface area contributed by atoms with Gasteiger partial charge in [0.05, 0.1) is 0 Å². The lowest BCUT2D eigenvalue weighted by Crippen LogP contribution is -1.96. The Bertz CT molecular complexity index is 792. The molecule has 0 aliphatic rings. The van der Waals surface area contributed by atoms with Crippen LogP contribution in [0.4, 0.5) is 11.4 Å². The first-order valence-electron chi connectivity index (χ1n) is 7.87. The molecule has 0 bridgehead atoms. The number of nitrogen functional groups attached to an aromatic ring is 2. The molecule has 0 heterocycles. The molecule has 0 aliphatic heterocycles. The van der Waals surface area contributed by atoms with Gasteiger partial charge < -0.3 is 11.5 Å². The van der Waals surface area contributed by atoms with Crippen molar-refractivity contribution in [2.75, 3.05) is 11.5 Å².